The molecule has 2 aliphatic rings. The predicted molar refractivity (Wildman–Crippen MR) is 204 cm³/mol. The summed E-state index contributed by atoms with van der Waals surface area (Å²) in [5, 5.41) is 10.4. The Kier molecular flexibility index (Phi) is 11.2. The predicted octanol–water partition coefficient (Wildman–Crippen LogP) is 6.35. The Morgan fingerprint density at radius 3 is 2.59 bits per heavy atom. The first-order valence-corrected chi connectivity index (χ1v) is 18.2. The average Bonchev–Trinajstić information content (AvgIpc) is 3.14. The maximum Gasteiger partial charge on any atom is 0.325 e. The number of piperidine rings is 1. The van der Waals surface area contributed by atoms with Crippen LogP contribution in [0.5, 0.6) is 5.75 Å². The number of ether oxygens (including phenoxy) is 2. The molecule has 0 radical (unpaired) electrons. The smallest absolute Gasteiger partial charge is 0.325 e. The summed E-state index contributed by atoms with van der Waals surface area (Å²) in [4.78, 5) is 30.2. The molecule has 51 heavy (non-hydrogen) atoms. The van der Waals surface area contributed by atoms with Gasteiger partial charge in [-0.25, -0.2) is 15.0 Å². The van der Waals surface area contributed by atoms with Gasteiger partial charge in [-0.1, -0.05) is 37.3 Å². The third-order valence-electron chi connectivity index (χ3n) is 9.61. The number of esters is 1. The number of benzene rings is 2. The van der Waals surface area contributed by atoms with E-state index in [1.807, 2.05) is 63.2 Å². The van der Waals surface area contributed by atoms with Crippen LogP contribution in [-0.2, 0) is 28.9 Å². The number of rotatable bonds is 12. The van der Waals surface area contributed by atoms with Crippen molar-refractivity contribution in [2.24, 2.45) is 0 Å². The van der Waals surface area contributed by atoms with Gasteiger partial charge in [0.1, 0.15) is 41.2 Å². The first-order valence-electron chi connectivity index (χ1n) is 18.2. The summed E-state index contributed by atoms with van der Waals surface area (Å²) in [6.07, 6.45) is 6.65. The van der Waals surface area contributed by atoms with Gasteiger partial charge in [0.25, 0.3) is 0 Å². The van der Waals surface area contributed by atoms with Crippen LogP contribution in [0.1, 0.15) is 75.3 Å². The molecule has 270 valence electrons. The molecule has 1 saturated heterocycles. The molecule has 1 atom stereocenters. The number of carbonyl (C=O) groups excluding carboxylic acids is 1. The SMILES string of the molecule is CCc1c(NC[C@H](NCc2ccc(-c3ccc(N)cc3)c(OC)c2)C(=O)OC(C)(C)C)ncnc1N1CCC(c2ccc3c(n2)NCCC3)CC1. The minimum Gasteiger partial charge on any atom is -0.496 e. The lowest BCUT2D eigenvalue weighted by molar-refractivity contribution is -0.157. The number of pyridine rings is 1. The van der Waals surface area contributed by atoms with Crippen molar-refractivity contribution in [2.75, 3.05) is 54.6 Å². The number of carbonyl (C=O) groups is 1. The fraction of sp³-hybridized carbons (Fsp3) is 0.450. The number of nitrogens with one attached hydrogen (secondary N) is 3. The molecule has 11 heteroatoms. The van der Waals surface area contributed by atoms with Gasteiger partial charge in [-0.15, -0.1) is 0 Å². The van der Waals surface area contributed by atoms with Crippen molar-refractivity contribution in [3.63, 3.8) is 0 Å². The normalized spacial score (nSPS) is 15.4. The second kappa shape index (κ2) is 16.0. The summed E-state index contributed by atoms with van der Waals surface area (Å²) < 4.78 is 11.6. The molecule has 1 fully saturated rings. The first-order chi connectivity index (χ1) is 24.6. The molecule has 0 unspecified atom stereocenters. The van der Waals surface area contributed by atoms with E-state index in [-0.39, 0.29) is 5.97 Å². The van der Waals surface area contributed by atoms with Gasteiger partial charge in [-0.3, -0.25) is 10.1 Å². The zero-order valence-electron chi connectivity index (χ0n) is 30.6. The number of nitrogens with zero attached hydrogens (tertiary/aromatic N) is 4. The summed E-state index contributed by atoms with van der Waals surface area (Å²) in [6.45, 7) is 11.3. The Bertz CT molecular complexity index is 1800. The lowest BCUT2D eigenvalue weighted by Crippen LogP contribution is -2.45. The highest BCUT2D eigenvalue weighted by molar-refractivity contribution is 5.77. The molecule has 6 rings (SSSR count). The summed E-state index contributed by atoms with van der Waals surface area (Å²) in [7, 11) is 1.66. The van der Waals surface area contributed by atoms with Crippen molar-refractivity contribution in [2.45, 2.75) is 83.9 Å². The molecule has 0 amide bonds. The molecule has 2 aliphatic heterocycles. The second-order valence-electron chi connectivity index (χ2n) is 14.4. The Balaban J connectivity index is 1.13. The number of nitrogens with two attached hydrogens (primary N) is 1. The van der Waals surface area contributed by atoms with Crippen LogP contribution in [0.2, 0.25) is 0 Å². The van der Waals surface area contributed by atoms with Gasteiger partial charge >= 0.3 is 5.97 Å². The molecule has 4 aromatic rings. The summed E-state index contributed by atoms with van der Waals surface area (Å²) >= 11 is 0. The van der Waals surface area contributed by atoms with Gasteiger partial charge in [0.05, 0.1) is 7.11 Å². The number of fused-ring (bicyclic) bond motifs is 1. The Labute approximate surface area is 301 Å². The van der Waals surface area contributed by atoms with Crippen LogP contribution in [0.15, 0.2) is 60.9 Å². The van der Waals surface area contributed by atoms with Gasteiger partial charge in [0.15, 0.2) is 0 Å². The zero-order chi connectivity index (χ0) is 36.0. The topological polar surface area (TPSA) is 140 Å². The van der Waals surface area contributed by atoms with Gasteiger partial charge in [-0.2, -0.15) is 0 Å². The van der Waals surface area contributed by atoms with Gasteiger partial charge in [0, 0.05) is 61.1 Å². The molecule has 4 heterocycles. The van der Waals surface area contributed by atoms with Crippen LogP contribution in [0.3, 0.4) is 0 Å². The molecule has 0 bridgehead atoms. The number of hydrogen-bond donors (Lipinski definition) is 4. The maximum atomic E-state index is 13.5. The Morgan fingerprint density at radius 1 is 1.08 bits per heavy atom. The number of aryl methyl sites for hydroxylation is 1. The van der Waals surface area contributed by atoms with Gasteiger partial charge < -0.3 is 30.7 Å². The standard InChI is InChI=1S/C40H52N8O3/c1-6-31-37(45-25-46-38(31)48-20-17-28(18-21-48)33-16-12-29-8-7-19-42-36(29)47-33)44-24-34(39(49)51-40(2,3)4)43-23-26-9-15-32(35(22-26)50-5)27-10-13-30(41)14-11-27/h9-16,22,25,28,34,43H,6-8,17-21,23-24,41H2,1-5H3,(H,42,47)(H,44,45,46)/t34-/m0/s1. The molecule has 0 aliphatic carbocycles. The van der Waals surface area contributed by atoms with Crippen molar-refractivity contribution >= 4 is 29.1 Å². The van der Waals surface area contributed by atoms with Gasteiger partial charge in [-0.05, 0) is 93.8 Å². The van der Waals surface area contributed by atoms with E-state index in [0.717, 1.165) is 97.2 Å². The van der Waals surface area contributed by atoms with E-state index >= 15 is 0 Å². The number of aromatic nitrogens is 3. The molecular weight excluding hydrogens is 640 g/mol. The van der Waals surface area contributed by atoms with Crippen LogP contribution >= 0.6 is 0 Å². The molecule has 2 aromatic carbocycles. The lowest BCUT2D eigenvalue weighted by Gasteiger charge is -2.34. The highest BCUT2D eigenvalue weighted by atomic mass is 16.6. The van der Waals surface area contributed by atoms with Crippen LogP contribution < -0.4 is 31.3 Å². The van der Waals surface area contributed by atoms with E-state index in [2.05, 4.69) is 44.9 Å². The van der Waals surface area contributed by atoms with Gasteiger partial charge in [0.2, 0.25) is 0 Å². The molecule has 2 aromatic heterocycles. The van der Waals surface area contributed by atoms with E-state index in [1.165, 1.54) is 11.3 Å². The van der Waals surface area contributed by atoms with Crippen molar-refractivity contribution in [1.29, 1.82) is 0 Å². The number of nitrogen functional groups attached to an aromatic ring is 1. The highest BCUT2D eigenvalue weighted by Gasteiger charge is 2.28. The van der Waals surface area contributed by atoms with Crippen molar-refractivity contribution in [1.82, 2.24) is 20.3 Å². The van der Waals surface area contributed by atoms with Crippen molar-refractivity contribution in [3.05, 3.63) is 83.3 Å². The fourth-order valence-electron chi connectivity index (χ4n) is 6.91. The van der Waals surface area contributed by atoms with E-state index in [0.29, 0.717) is 24.7 Å². The Morgan fingerprint density at radius 2 is 1.86 bits per heavy atom. The quantitative estimate of drug-likeness (QED) is 0.0976. The lowest BCUT2D eigenvalue weighted by atomic mass is 9.92. The maximum absolute atomic E-state index is 13.5. The molecule has 11 nitrogen and oxygen atoms in total. The minimum atomic E-state index is -0.635. The molecule has 0 saturated carbocycles. The van der Waals surface area contributed by atoms with Crippen molar-refractivity contribution < 1.29 is 14.3 Å². The molecule has 5 N–H and O–H groups in total. The third-order valence-corrected chi connectivity index (χ3v) is 9.61. The molecular formula is C40H52N8O3. The summed E-state index contributed by atoms with van der Waals surface area (Å²) in [6, 6.07) is 17.6. The minimum absolute atomic E-state index is 0.291. The highest BCUT2D eigenvalue weighted by Crippen LogP contribution is 2.34. The largest absolute Gasteiger partial charge is 0.496 e. The number of anilines is 4. The summed E-state index contributed by atoms with van der Waals surface area (Å²) in [5.41, 5.74) is 12.5. The van der Waals surface area contributed by atoms with E-state index in [1.54, 1.807) is 13.4 Å². The Hall–Kier alpha value is -4.90. The monoisotopic (exact) mass is 692 g/mol. The van der Waals surface area contributed by atoms with Crippen LogP contribution in [0.25, 0.3) is 11.1 Å². The van der Waals surface area contributed by atoms with Crippen LogP contribution in [0, 0.1) is 0 Å². The van der Waals surface area contributed by atoms with Crippen LogP contribution in [0.4, 0.5) is 23.1 Å². The van der Waals surface area contributed by atoms with Crippen molar-refractivity contribution in [3.8, 4) is 16.9 Å². The van der Waals surface area contributed by atoms with Crippen LogP contribution in [-0.4, -0.2) is 65.9 Å². The fourth-order valence-corrected chi connectivity index (χ4v) is 6.91. The average molecular weight is 693 g/mol. The van der Waals surface area contributed by atoms with E-state index in [4.69, 9.17) is 25.2 Å². The zero-order valence-corrected chi connectivity index (χ0v) is 30.6. The van der Waals surface area contributed by atoms with E-state index < -0.39 is 11.6 Å². The summed E-state index contributed by atoms with van der Waals surface area (Å²) in [5.74, 6) is 3.58. The number of hydrogen-bond acceptors (Lipinski definition) is 11. The first kappa shape index (κ1) is 35.9. The third kappa shape index (κ3) is 8.89. The second-order valence-corrected chi connectivity index (χ2v) is 14.4. The van der Waals surface area contributed by atoms with E-state index in [9.17, 15) is 4.79 Å². The molecule has 0 spiro atoms. The number of methoxy groups -OCH3 is 1.